The molecule has 16 heavy (non-hydrogen) atoms. The van der Waals surface area contributed by atoms with E-state index >= 15 is 0 Å². The zero-order valence-corrected chi connectivity index (χ0v) is 8.63. The van der Waals surface area contributed by atoms with Crippen LogP contribution in [0.4, 0.5) is 0 Å². The topological polar surface area (TPSA) is 107 Å². The molecule has 7 heteroatoms. The second-order valence-corrected chi connectivity index (χ2v) is 4.06. The predicted molar refractivity (Wildman–Crippen MR) is 54.2 cm³/mol. The van der Waals surface area contributed by atoms with Crippen molar-refractivity contribution in [3.8, 4) is 11.6 Å². The van der Waals surface area contributed by atoms with Gasteiger partial charge in [0.1, 0.15) is 6.33 Å². The Morgan fingerprint density at radius 3 is 3.06 bits per heavy atom. The van der Waals surface area contributed by atoms with Gasteiger partial charge in [0.25, 0.3) is 0 Å². The molecule has 2 aromatic rings. The Bertz CT molecular complexity index is 464. The lowest BCUT2D eigenvalue weighted by Crippen LogP contribution is -2.14. The fourth-order valence-corrected chi connectivity index (χ4v) is 2.05. The maximum Gasteiger partial charge on any atom is 0.239 e. The molecular formula is C9H12N6O. The molecule has 0 aromatic carbocycles. The van der Waals surface area contributed by atoms with Crippen LogP contribution in [0.15, 0.2) is 10.9 Å². The first-order valence-electron chi connectivity index (χ1n) is 5.28. The minimum atomic E-state index is 0.255. The van der Waals surface area contributed by atoms with Crippen molar-refractivity contribution >= 4 is 0 Å². The van der Waals surface area contributed by atoms with Crippen molar-refractivity contribution in [2.75, 3.05) is 0 Å². The number of aromatic nitrogens is 5. The third-order valence-electron chi connectivity index (χ3n) is 2.89. The summed E-state index contributed by atoms with van der Waals surface area (Å²) in [5.41, 5.74) is 5.85. The van der Waals surface area contributed by atoms with Crippen LogP contribution in [0.1, 0.15) is 31.1 Å². The first-order chi connectivity index (χ1) is 7.83. The molecular weight excluding hydrogens is 208 g/mol. The average Bonchev–Trinajstić information content (AvgIpc) is 2.97. The van der Waals surface area contributed by atoms with Gasteiger partial charge in [-0.05, 0) is 19.3 Å². The van der Waals surface area contributed by atoms with E-state index in [4.69, 9.17) is 10.3 Å². The van der Waals surface area contributed by atoms with Crippen LogP contribution in [-0.4, -0.2) is 31.4 Å². The zero-order valence-electron chi connectivity index (χ0n) is 8.63. The summed E-state index contributed by atoms with van der Waals surface area (Å²) in [5, 5.41) is 10.3. The molecule has 0 amide bonds. The van der Waals surface area contributed by atoms with Crippen molar-refractivity contribution in [2.24, 2.45) is 5.73 Å². The van der Waals surface area contributed by atoms with E-state index in [9.17, 15) is 0 Å². The number of nitrogens with one attached hydrogen (secondary N) is 1. The van der Waals surface area contributed by atoms with E-state index in [0.717, 1.165) is 19.3 Å². The molecule has 1 aliphatic carbocycles. The lowest BCUT2D eigenvalue weighted by molar-refractivity contribution is 0.353. The van der Waals surface area contributed by atoms with Crippen molar-refractivity contribution < 1.29 is 4.52 Å². The number of hydrogen-bond donors (Lipinski definition) is 2. The number of aromatic amines is 1. The van der Waals surface area contributed by atoms with E-state index < -0.39 is 0 Å². The van der Waals surface area contributed by atoms with Crippen molar-refractivity contribution in [1.29, 1.82) is 0 Å². The molecule has 1 aliphatic rings. The standard InChI is InChI=1S/C9H12N6O/c10-6-2-1-5(3-6)9-13-8(15-16-9)7-11-4-12-14-7/h4-6H,1-3,10H2,(H,11,12,14)/t5-,6+/m1/s1. The SMILES string of the molecule is N[C@H]1CC[C@@H](c2nc(-c3ncn[nH]3)no2)C1. The van der Waals surface area contributed by atoms with Gasteiger partial charge in [0.05, 0.1) is 0 Å². The Balaban J connectivity index is 1.83. The summed E-state index contributed by atoms with van der Waals surface area (Å²) in [6.45, 7) is 0. The van der Waals surface area contributed by atoms with Crippen LogP contribution >= 0.6 is 0 Å². The monoisotopic (exact) mass is 220 g/mol. The quantitative estimate of drug-likeness (QED) is 0.760. The summed E-state index contributed by atoms with van der Waals surface area (Å²) >= 11 is 0. The number of rotatable bonds is 2. The van der Waals surface area contributed by atoms with Gasteiger partial charge in [0, 0.05) is 12.0 Å². The molecule has 2 aromatic heterocycles. The Morgan fingerprint density at radius 2 is 2.38 bits per heavy atom. The normalized spacial score (nSPS) is 25.1. The average molecular weight is 220 g/mol. The van der Waals surface area contributed by atoms with Crippen molar-refractivity contribution in [3.63, 3.8) is 0 Å². The summed E-state index contributed by atoms with van der Waals surface area (Å²) in [5.74, 6) is 1.92. The number of nitrogens with zero attached hydrogens (tertiary/aromatic N) is 4. The molecule has 3 N–H and O–H groups in total. The first-order valence-corrected chi connectivity index (χ1v) is 5.28. The van der Waals surface area contributed by atoms with Crippen molar-refractivity contribution in [2.45, 2.75) is 31.2 Å². The van der Waals surface area contributed by atoms with Gasteiger partial charge in [-0.25, -0.2) is 4.98 Å². The third-order valence-corrected chi connectivity index (χ3v) is 2.89. The molecule has 84 valence electrons. The van der Waals surface area contributed by atoms with Crippen LogP contribution < -0.4 is 5.73 Å². The molecule has 0 aliphatic heterocycles. The van der Waals surface area contributed by atoms with Gasteiger partial charge < -0.3 is 10.3 Å². The first kappa shape index (κ1) is 9.46. The van der Waals surface area contributed by atoms with Crippen LogP contribution in [0.3, 0.4) is 0 Å². The summed E-state index contributed by atoms with van der Waals surface area (Å²) in [6.07, 6.45) is 4.36. The molecule has 0 saturated heterocycles. The summed E-state index contributed by atoms with van der Waals surface area (Å²) in [4.78, 5) is 8.27. The molecule has 0 bridgehead atoms. The lowest BCUT2D eigenvalue weighted by Gasteiger charge is -2.01. The minimum absolute atomic E-state index is 0.255. The van der Waals surface area contributed by atoms with E-state index in [-0.39, 0.29) is 6.04 Å². The van der Waals surface area contributed by atoms with Crippen LogP contribution in [0.2, 0.25) is 0 Å². The van der Waals surface area contributed by atoms with Crippen LogP contribution in [0, 0.1) is 0 Å². The molecule has 1 saturated carbocycles. The molecule has 7 nitrogen and oxygen atoms in total. The van der Waals surface area contributed by atoms with Crippen LogP contribution in [-0.2, 0) is 0 Å². The highest BCUT2D eigenvalue weighted by molar-refractivity contribution is 5.39. The van der Waals surface area contributed by atoms with Gasteiger partial charge in [-0.1, -0.05) is 5.16 Å². The van der Waals surface area contributed by atoms with E-state index in [2.05, 4.69) is 25.3 Å². The fourth-order valence-electron chi connectivity index (χ4n) is 2.05. The number of H-pyrrole nitrogens is 1. The number of hydrogen-bond acceptors (Lipinski definition) is 6. The fraction of sp³-hybridized carbons (Fsp3) is 0.556. The Hall–Kier alpha value is -1.76. The second kappa shape index (κ2) is 3.67. The molecule has 2 heterocycles. The van der Waals surface area contributed by atoms with Gasteiger partial charge in [0.15, 0.2) is 5.82 Å². The van der Waals surface area contributed by atoms with Crippen LogP contribution in [0.25, 0.3) is 11.6 Å². The van der Waals surface area contributed by atoms with E-state index in [1.807, 2.05) is 0 Å². The van der Waals surface area contributed by atoms with Crippen molar-refractivity contribution in [1.82, 2.24) is 25.3 Å². The highest BCUT2D eigenvalue weighted by Crippen LogP contribution is 2.32. The maximum atomic E-state index is 5.85. The van der Waals surface area contributed by atoms with Gasteiger partial charge >= 0.3 is 0 Å². The molecule has 2 atom stereocenters. The van der Waals surface area contributed by atoms with E-state index in [1.54, 1.807) is 0 Å². The van der Waals surface area contributed by atoms with Crippen molar-refractivity contribution in [3.05, 3.63) is 12.2 Å². The third kappa shape index (κ3) is 1.58. The second-order valence-electron chi connectivity index (χ2n) is 4.06. The molecule has 3 rings (SSSR count). The zero-order chi connectivity index (χ0) is 11.0. The van der Waals surface area contributed by atoms with Gasteiger partial charge in [-0.2, -0.15) is 10.1 Å². The summed E-state index contributed by atoms with van der Waals surface area (Å²) < 4.78 is 5.22. The molecule has 0 radical (unpaired) electrons. The Morgan fingerprint density at radius 1 is 1.44 bits per heavy atom. The smallest absolute Gasteiger partial charge is 0.239 e. The molecule has 0 unspecified atom stereocenters. The molecule has 1 fully saturated rings. The number of nitrogens with two attached hydrogens (primary N) is 1. The maximum absolute atomic E-state index is 5.85. The Labute approximate surface area is 91.4 Å². The summed E-state index contributed by atoms with van der Waals surface area (Å²) in [6, 6.07) is 0.255. The minimum Gasteiger partial charge on any atom is -0.339 e. The largest absolute Gasteiger partial charge is 0.339 e. The van der Waals surface area contributed by atoms with E-state index in [1.165, 1.54) is 6.33 Å². The highest BCUT2D eigenvalue weighted by atomic mass is 16.5. The van der Waals surface area contributed by atoms with Crippen LogP contribution in [0.5, 0.6) is 0 Å². The highest BCUT2D eigenvalue weighted by Gasteiger charge is 2.28. The summed E-state index contributed by atoms with van der Waals surface area (Å²) in [7, 11) is 0. The van der Waals surface area contributed by atoms with Gasteiger partial charge in [0.2, 0.25) is 11.7 Å². The van der Waals surface area contributed by atoms with Gasteiger partial charge in [-0.15, -0.1) is 0 Å². The Kier molecular flexibility index (Phi) is 2.17. The van der Waals surface area contributed by atoms with E-state index in [0.29, 0.717) is 23.5 Å². The predicted octanol–water partition coefficient (Wildman–Crippen LogP) is 0.449. The lowest BCUT2D eigenvalue weighted by atomic mass is 10.1. The molecule has 0 spiro atoms. The van der Waals surface area contributed by atoms with Gasteiger partial charge in [-0.3, -0.25) is 5.10 Å².